The van der Waals surface area contributed by atoms with Crippen molar-refractivity contribution in [1.82, 2.24) is 5.32 Å². The molecule has 0 radical (unpaired) electrons. The van der Waals surface area contributed by atoms with E-state index in [1.807, 2.05) is 30.3 Å². The highest BCUT2D eigenvalue weighted by molar-refractivity contribution is 14.1. The van der Waals surface area contributed by atoms with Gasteiger partial charge in [0.25, 0.3) is 0 Å². The molecule has 2 aromatic carbocycles. The van der Waals surface area contributed by atoms with Crippen LogP contribution in [0.3, 0.4) is 0 Å². The van der Waals surface area contributed by atoms with E-state index in [0.29, 0.717) is 18.0 Å². The van der Waals surface area contributed by atoms with Crippen molar-refractivity contribution in [2.75, 3.05) is 31.7 Å². The van der Waals surface area contributed by atoms with Crippen LogP contribution in [-0.4, -0.2) is 47.4 Å². The Kier molecular flexibility index (Phi) is 10.2. The Balaban J connectivity index is 1.99. The molecule has 0 saturated carbocycles. The molecule has 0 spiro atoms. The summed E-state index contributed by atoms with van der Waals surface area (Å²) in [5, 5.41) is 3.46. The fourth-order valence-electron chi connectivity index (χ4n) is 3.26. The maximum absolute atomic E-state index is 11.7. The van der Waals surface area contributed by atoms with Crippen LogP contribution in [0.5, 0.6) is 5.75 Å². The van der Waals surface area contributed by atoms with Gasteiger partial charge in [-0.05, 0) is 42.2 Å². The van der Waals surface area contributed by atoms with Crippen molar-refractivity contribution in [3.63, 3.8) is 0 Å². The van der Waals surface area contributed by atoms with Crippen LogP contribution in [0.1, 0.15) is 29.7 Å². The summed E-state index contributed by atoms with van der Waals surface area (Å²) in [4.78, 5) is 11.4. The Morgan fingerprint density at radius 2 is 1.75 bits per heavy atom. The summed E-state index contributed by atoms with van der Waals surface area (Å²) in [6.45, 7) is 2.63. The van der Waals surface area contributed by atoms with Gasteiger partial charge in [-0.3, -0.25) is 9.52 Å². The van der Waals surface area contributed by atoms with E-state index in [4.69, 9.17) is 9.47 Å². The molecular formula is C22H29IN2O6S. The summed E-state index contributed by atoms with van der Waals surface area (Å²) in [5.41, 5.74) is 3.25. The summed E-state index contributed by atoms with van der Waals surface area (Å²) in [6, 6.07) is 13.3. The van der Waals surface area contributed by atoms with Crippen LogP contribution in [0.4, 0.5) is 5.69 Å². The van der Waals surface area contributed by atoms with Crippen LogP contribution in [0.2, 0.25) is 0 Å². The zero-order valence-electron chi connectivity index (χ0n) is 18.6. The second-order valence-electron chi connectivity index (χ2n) is 7.51. The molecule has 0 aliphatic heterocycles. The van der Waals surface area contributed by atoms with Gasteiger partial charge in [-0.1, -0.05) is 30.3 Å². The number of hydrogen-bond donors (Lipinski definition) is 2. The van der Waals surface area contributed by atoms with Crippen LogP contribution < -0.4 is 14.8 Å². The highest BCUT2D eigenvalue weighted by Crippen LogP contribution is 2.29. The van der Waals surface area contributed by atoms with Crippen molar-refractivity contribution < 1.29 is 25.8 Å². The van der Waals surface area contributed by atoms with Gasteiger partial charge in [0.15, 0.2) is 23.0 Å². The molecule has 176 valence electrons. The van der Waals surface area contributed by atoms with Crippen molar-refractivity contribution >= 4 is 44.7 Å². The third-order valence-electron chi connectivity index (χ3n) is 4.83. The number of hydrogen-bond acceptors (Lipinski definition) is 7. The number of benzene rings is 2. The van der Waals surface area contributed by atoms with Gasteiger partial charge in [-0.15, -0.1) is 0 Å². The predicted molar refractivity (Wildman–Crippen MR) is 133 cm³/mol. The first-order valence-corrected chi connectivity index (χ1v) is 12.7. The number of methoxy groups -OCH3 is 2. The number of sulfonamides is 1. The quantitative estimate of drug-likeness (QED) is 0.374. The highest BCUT2D eigenvalue weighted by Gasteiger charge is 2.16. The van der Waals surface area contributed by atoms with E-state index >= 15 is 0 Å². The highest BCUT2D eigenvalue weighted by atomic mass is 127. The molecule has 0 aromatic heterocycles. The smallest absolute Gasteiger partial charge is 0.319 e. The van der Waals surface area contributed by atoms with Gasteiger partial charge in [0, 0.05) is 19.7 Å². The number of nitrogens with one attached hydrogen (secondary N) is 2. The van der Waals surface area contributed by atoms with E-state index in [2.05, 4.69) is 20.0 Å². The van der Waals surface area contributed by atoms with E-state index in [0.717, 1.165) is 29.4 Å². The summed E-state index contributed by atoms with van der Waals surface area (Å²) >= 11 is 1.59. The molecule has 0 heterocycles. The number of halogens is 1. The maximum Gasteiger partial charge on any atom is 0.319 e. The van der Waals surface area contributed by atoms with Gasteiger partial charge in [0.2, 0.25) is 10.0 Å². The summed E-state index contributed by atoms with van der Waals surface area (Å²) in [5.74, 6) is 0.165. The minimum atomic E-state index is -3.44. The summed E-state index contributed by atoms with van der Waals surface area (Å²) in [7, 11) is -0.340. The maximum atomic E-state index is 11.7. The van der Waals surface area contributed by atoms with Crippen LogP contribution in [0, 0.1) is 0 Å². The normalized spacial score (nSPS) is 13.3. The number of carbonyl (C=O) groups is 1. The Morgan fingerprint density at radius 3 is 2.31 bits per heavy atom. The molecule has 0 aliphatic carbocycles. The van der Waals surface area contributed by atoms with Crippen LogP contribution in [0.25, 0.3) is 0 Å². The zero-order chi connectivity index (χ0) is 23.7. The van der Waals surface area contributed by atoms with Crippen molar-refractivity contribution in [3.8, 4) is 5.75 Å². The minimum Gasteiger partial charge on any atom is -0.495 e. The molecule has 8 nitrogen and oxygen atoms in total. The lowest BCUT2D eigenvalue weighted by Gasteiger charge is -2.21. The lowest BCUT2D eigenvalue weighted by molar-refractivity contribution is -0.130. The largest absolute Gasteiger partial charge is 0.495 e. The number of anilines is 1. The second-order valence-corrected chi connectivity index (χ2v) is 9.70. The predicted octanol–water partition coefficient (Wildman–Crippen LogP) is 3.41. The monoisotopic (exact) mass is 576 g/mol. The van der Waals surface area contributed by atoms with Gasteiger partial charge in [0.1, 0.15) is 5.75 Å². The van der Waals surface area contributed by atoms with Crippen molar-refractivity contribution in [3.05, 3.63) is 59.2 Å². The van der Waals surface area contributed by atoms with Gasteiger partial charge in [-0.25, -0.2) is 8.42 Å². The second kappa shape index (κ2) is 12.4. The third-order valence-corrected chi connectivity index (χ3v) is 5.91. The van der Waals surface area contributed by atoms with Gasteiger partial charge >= 0.3 is 5.97 Å². The Bertz CT molecular complexity index is 998. The first-order chi connectivity index (χ1) is 15.1. The lowest BCUT2D eigenvalue weighted by Crippen LogP contribution is -2.32. The molecule has 0 amide bonds. The van der Waals surface area contributed by atoms with E-state index in [1.54, 1.807) is 42.2 Å². The zero-order valence-corrected chi connectivity index (χ0v) is 21.5. The third kappa shape index (κ3) is 8.57. The Morgan fingerprint density at radius 1 is 1.09 bits per heavy atom. The average molecular weight is 576 g/mol. The molecule has 2 rings (SSSR count). The summed E-state index contributed by atoms with van der Waals surface area (Å²) < 4.78 is 41.4. The first kappa shape index (κ1) is 26.4. The molecule has 2 N–H and O–H groups in total. The van der Waals surface area contributed by atoms with E-state index in [1.165, 1.54) is 7.11 Å². The van der Waals surface area contributed by atoms with Crippen molar-refractivity contribution in [2.24, 2.45) is 0 Å². The Hall–Kier alpha value is -1.89. The Labute approximate surface area is 203 Å². The molecule has 0 fully saturated rings. The fraction of sp³-hybridized carbons (Fsp3) is 0.409. The molecule has 2 aromatic rings. The van der Waals surface area contributed by atoms with E-state index in [9.17, 15) is 13.2 Å². The molecule has 0 saturated heterocycles. The molecular weight excluding hydrogens is 547 g/mol. The molecule has 32 heavy (non-hydrogen) atoms. The topological polar surface area (TPSA) is 103 Å². The molecule has 0 bridgehead atoms. The van der Waals surface area contributed by atoms with Crippen LogP contribution in [-0.2, 0) is 35.5 Å². The number of ether oxygens (including phenoxy) is 2. The standard InChI is InChI=1S/C22H29IN2O6S/c1-15(11-16-5-7-17(8-6-16)12-22(26)31-23)24-14-21(30-3)18-9-10-20(29-2)19(13-18)25-32(4,27)28/h5-10,13,15,21,24-25H,11-12,14H2,1-4H3/t15-,21+/m1/s1. The van der Waals surface area contributed by atoms with Crippen LogP contribution in [0.15, 0.2) is 42.5 Å². The van der Waals surface area contributed by atoms with Gasteiger partial charge in [0.05, 0.1) is 31.6 Å². The molecule has 10 heteroatoms. The van der Waals surface area contributed by atoms with E-state index < -0.39 is 10.0 Å². The van der Waals surface area contributed by atoms with Crippen LogP contribution >= 0.6 is 23.0 Å². The number of rotatable bonds is 12. The summed E-state index contributed by atoms with van der Waals surface area (Å²) in [6.07, 6.45) is 1.88. The minimum absolute atomic E-state index is 0.171. The van der Waals surface area contributed by atoms with Crippen molar-refractivity contribution in [1.29, 1.82) is 0 Å². The molecule has 0 unspecified atom stereocenters. The number of carbonyl (C=O) groups excluding carboxylic acids is 1. The molecule has 2 atom stereocenters. The van der Waals surface area contributed by atoms with Gasteiger partial charge < -0.3 is 17.9 Å². The fourth-order valence-corrected chi connectivity index (χ4v) is 3.98. The van der Waals surface area contributed by atoms with E-state index in [-0.39, 0.29) is 24.5 Å². The van der Waals surface area contributed by atoms with Gasteiger partial charge in [-0.2, -0.15) is 0 Å². The average Bonchev–Trinajstić information content (AvgIpc) is 2.74. The molecule has 0 aliphatic rings. The lowest BCUT2D eigenvalue weighted by atomic mass is 10.0. The first-order valence-electron chi connectivity index (χ1n) is 9.96. The SMILES string of the molecule is COc1ccc([C@H](CN[C@H](C)Cc2ccc(CC(=O)OI)cc2)OC)cc1NS(C)(=O)=O. The van der Waals surface area contributed by atoms with Crippen molar-refractivity contribution in [2.45, 2.75) is 31.9 Å².